The monoisotopic (exact) mass is 475 g/mol. The maximum Gasteiger partial charge on any atom is 0.267 e. The number of carbonyl (C=O) groups is 1. The summed E-state index contributed by atoms with van der Waals surface area (Å²) in [7, 11) is 0. The van der Waals surface area contributed by atoms with E-state index in [0.29, 0.717) is 11.7 Å². The highest BCUT2D eigenvalue weighted by molar-refractivity contribution is 8.00. The van der Waals surface area contributed by atoms with E-state index < -0.39 is 5.25 Å². The molecule has 0 fully saturated rings. The van der Waals surface area contributed by atoms with E-state index in [1.165, 1.54) is 22.2 Å². The number of hydrogen-bond acceptors (Lipinski definition) is 5. The van der Waals surface area contributed by atoms with Crippen LogP contribution in [0.1, 0.15) is 34.9 Å². The predicted octanol–water partition coefficient (Wildman–Crippen LogP) is 5.04. The molecule has 0 saturated carbocycles. The van der Waals surface area contributed by atoms with Crippen molar-refractivity contribution >= 4 is 39.2 Å². The molecule has 168 valence electrons. The lowest BCUT2D eigenvalue weighted by molar-refractivity contribution is -0.120. The normalized spacial score (nSPS) is 13.8. The van der Waals surface area contributed by atoms with Crippen LogP contribution >= 0.6 is 23.1 Å². The van der Waals surface area contributed by atoms with Crippen LogP contribution in [0.3, 0.4) is 0 Å². The number of thiophene rings is 1. The zero-order chi connectivity index (χ0) is 22.9. The van der Waals surface area contributed by atoms with Crippen molar-refractivity contribution in [2.45, 2.75) is 50.1 Å². The fourth-order valence-corrected chi connectivity index (χ4v) is 6.49. The SMILES string of the molecule is Cc1cccc(-n2c(S[C@H](C)C(=O)NCc3ccccc3)nc3sc4c(c3c2=O)CCC4)c1. The van der Waals surface area contributed by atoms with Crippen LogP contribution in [0, 0.1) is 6.92 Å². The van der Waals surface area contributed by atoms with Crippen molar-refractivity contribution in [3.8, 4) is 5.69 Å². The summed E-state index contributed by atoms with van der Waals surface area (Å²) in [4.78, 5) is 33.6. The number of aromatic nitrogens is 2. The van der Waals surface area contributed by atoms with E-state index in [-0.39, 0.29) is 11.5 Å². The Hall–Kier alpha value is -2.90. The lowest BCUT2D eigenvalue weighted by atomic mass is 10.2. The molecule has 7 heteroatoms. The minimum atomic E-state index is -0.402. The average Bonchev–Trinajstić information content (AvgIpc) is 3.39. The van der Waals surface area contributed by atoms with Crippen LogP contribution < -0.4 is 10.9 Å². The maximum atomic E-state index is 13.8. The minimum absolute atomic E-state index is 0.0376. The quantitative estimate of drug-likeness (QED) is 0.313. The summed E-state index contributed by atoms with van der Waals surface area (Å²) in [6.07, 6.45) is 3.04. The van der Waals surface area contributed by atoms with E-state index in [1.54, 1.807) is 15.9 Å². The molecule has 1 amide bonds. The van der Waals surface area contributed by atoms with E-state index in [4.69, 9.17) is 4.98 Å². The van der Waals surface area contributed by atoms with Crippen LogP contribution in [0.25, 0.3) is 15.9 Å². The third-order valence-electron chi connectivity index (χ3n) is 5.93. The molecular formula is C26H25N3O2S2. The average molecular weight is 476 g/mol. The van der Waals surface area contributed by atoms with Crippen molar-refractivity contribution in [2.24, 2.45) is 0 Å². The Bertz CT molecular complexity index is 1390. The molecule has 0 aliphatic heterocycles. The van der Waals surface area contributed by atoms with Gasteiger partial charge in [0, 0.05) is 11.4 Å². The van der Waals surface area contributed by atoms with Gasteiger partial charge in [0.1, 0.15) is 4.83 Å². The number of thioether (sulfide) groups is 1. The molecule has 2 aromatic carbocycles. The summed E-state index contributed by atoms with van der Waals surface area (Å²) in [5.74, 6) is -0.0809. The highest BCUT2D eigenvalue weighted by Crippen LogP contribution is 2.36. The van der Waals surface area contributed by atoms with Gasteiger partial charge in [0.15, 0.2) is 5.16 Å². The van der Waals surface area contributed by atoms with E-state index in [1.807, 2.05) is 68.4 Å². The van der Waals surface area contributed by atoms with E-state index in [2.05, 4.69) is 5.32 Å². The number of nitrogens with one attached hydrogen (secondary N) is 1. The van der Waals surface area contributed by atoms with Crippen molar-refractivity contribution < 1.29 is 4.79 Å². The molecule has 0 spiro atoms. The van der Waals surface area contributed by atoms with E-state index in [9.17, 15) is 9.59 Å². The van der Waals surface area contributed by atoms with Gasteiger partial charge >= 0.3 is 0 Å². The first kappa shape index (κ1) is 21.9. The molecular weight excluding hydrogens is 450 g/mol. The van der Waals surface area contributed by atoms with Gasteiger partial charge in [-0.2, -0.15) is 0 Å². The Labute approximate surface area is 200 Å². The second-order valence-electron chi connectivity index (χ2n) is 8.37. The molecule has 2 aromatic heterocycles. The molecule has 4 aromatic rings. The molecule has 0 radical (unpaired) electrons. The first-order chi connectivity index (χ1) is 16.0. The molecule has 5 nitrogen and oxygen atoms in total. The van der Waals surface area contributed by atoms with Crippen LogP contribution in [-0.2, 0) is 24.2 Å². The molecule has 1 aliphatic rings. The first-order valence-corrected chi connectivity index (χ1v) is 12.8. The lowest BCUT2D eigenvalue weighted by Crippen LogP contribution is -2.31. The van der Waals surface area contributed by atoms with Gasteiger partial charge in [-0.25, -0.2) is 4.98 Å². The van der Waals surface area contributed by atoms with Gasteiger partial charge in [-0.3, -0.25) is 14.2 Å². The van der Waals surface area contributed by atoms with Crippen LogP contribution in [0.15, 0.2) is 64.5 Å². The second kappa shape index (κ2) is 9.15. The van der Waals surface area contributed by atoms with Gasteiger partial charge in [0.25, 0.3) is 5.56 Å². The molecule has 2 heterocycles. The zero-order valence-electron chi connectivity index (χ0n) is 18.6. The predicted molar refractivity (Wildman–Crippen MR) is 136 cm³/mol. The van der Waals surface area contributed by atoms with Crippen LogP contribution in [-0.4, -0.2) is 20.7 Å². The summed E-state index contributed by atoms with van der Waals surface area (Å²) >= 11 is 2.96. The fourth-order valence-electron chi connectivity index (χ4n) is 4.24. The third kappa shape index (κ3) is 4.35. The largest absolute Gasteiger partial charge is 0.351 e. The molecule has 1 aliphatic carbocycles. The van der Waals surface area contributed by atoms with E-state index >= 15 is 0 Å². The number of fused-ring (bicyclic) bond motifs is 3. The van der Waals surface area contributed by atoms with Crippen molar-refractivity contribution in [3.05, 3.63) is 86.5 Å². The molecule has 33 heavy (non-hydrogen) atoms. The van der Waals surface area contributed by atoms with Gasteiger partial charge in [0.2, 0.25) is 5.91 Å². The van der Waals surface area contributed by atoms with Gasteiger partial charge in [-0.1, -0.05) is 54.2 Å². The zero-order valence-corrected chi connectivity index (χ0v) is 20.3. The Balaban J connectivity index is 1.51. The van der Waals surface area contributed by atoms with Gasteiger partial charge < -0.3 is 5.32 Å². The van der Waals surface area contributed by atoms with E-state index in [0.717, 1.165) is 46.3 Å². The smallest absolute Gasteiger partial charge is 0.267 e. The fraction of sp³-hybridized carbons (Fsp3) is 0.269. The number of aryl methyl sites for hydroxylation is 3. The Morgan fingerprint density at radius 3 is 2.79 bits per heavy atom. The minimum Gasteiger partial charge on any atom is -0.351 e. The number of benzene rings is 2. The number of hydrogen-bond donors (Lipinski definition) is 1. The topological polar surface area (TPSA) is 64.0 Å². The number of nitrogens with zero attached hydrogens (tertiary/aromatic N) is 2. The van der Waals surface area contributed by atoms with Gasteiger partial charge in [-0.05, 0) is 61.9 Å². The standard InChI is InChI=1S/C26H25N3O2S2/c1-16-8-6-11-19(14-16)29-25(31)22-20-12-7-13-21(20)33-24(22)28-26(29)32-17(2)23(30)27-15-18-9-4-3-5-10-18/h3-6,8-11,14,17H,7,12-13,15H2,1-2H3,(H,27,30)/t17-/m1/s1. The van der Waals surface area contributed by atoms with Crippen molar-refractivity contribution in [1.82, 2.24) is 14.9 Å². The third-order valence-corrected chi connectivity index (χ3v) is 8.17. The van der Waals surface area contributed by atoms with Crippen LogP contribution in [0.2, 0.25) is 0 Å². The molecule has 1 atom stereocenters. The van der Waals surface area contributed by atoms with Crippen molar-refractivity contribution in [1.29, 1.82) is 0 Å². The summed E-state index contributed by atoms with van der Waals surface area (Å²) < 4.78 is 1.69. The van der Waals surface area contributed by atoms with Crippen molar-refractivity contribution in [2.75, 3.05) is 0 Å². The second-order valence-corrected chi connectivity index (χ2v) is 10.8. The lowest BCUT2D eigenvalue weighted by Gasteiger charge is -2.16. The Morgan fingerprint density at radius 1 is 1.18 bits per heavy atom. The molecule has 5 rings (SSSR count). The summed E-state index contributed by atoms with van der Waals surface area (Å²) in [5.41, 5.74) is 4.03. The molecule has 0 saturated heterocycles. The Kier molecular flexibility index (Phi) is 6.08. The summed E-state index contributed by atoms with van der Waals surface area (Å²) in [6.45, 7) is 4.34. The highest BCUT2D eigenvalue weighted by atomic mass is 32.2. The van der Waals surface area contributed by atoms with Crippen LogP contribution in [0.4, 0.5) is 0 Å². The number of amides is 1. The summed E-state index contributed by atoms with van der Waals surface area (Å²) in [6, 6.07) is 17.7. The maximum absolute atomic E-state index is 13.8. The molecule has 1 N–H and O–H groups in total. The van der Waals surface area contributed by atoms with Crippen LogP contribution in [0.5, 0.6) is 0 Å². The highest BCUT2D eigenvalue weighted by Gasteiger charge is 2.25. The van der Waals surface area contributed by atoms with Gasteiger partial charge in [-0.15, -0.1) is 11.3 Å². The molecule has 0 unspecified atom stereocenters. The van der Waals surface area contributed by atoms with Crippen molar-refractivity contribution in [3.63, 3.8) is 0 Å². The summed E-state index contributed by atoms with van der Waals surface area (Å²) in [5, 5.41) is 3.90. The first-order valence-electron chi connectivity index (χ1n) is 11.1. The number of carbonyl (C=O) groups excluding carboxylic acids is 1. The number of rotatable bonds is 6. The van der Waals surface area contributed by atoms with Gasteiger partial charge in [0.05, 0.1) is 16.3 Å². The molecule has 0 bridgehead atoms. The Morgan fingerprint density at radius 2 is 2.00 bits per heavy atom.